The van der Waals surface area contributed by atoms with Crippen LogP contribution in [0.4, 0.5) is 0 Å². The van der Waals surface area contributed by atoms with Gasteiger partial charge >= 0.3 is 0 Å². The van der Waals surface area contributed by atoms with Gasteiger partial charge in [0, 0.05) is 20.1 Å². The number of rotatable bonds is 4. The molecular weight excluding hydrogens is 212 g/mol. The molecule has 2 heteroatoms. The van der Waals surface area contributed by atoms with E-state index in [1.165, 1.54) is 5.39 Å². The second-order valence-electron chi connectivity index (χ2n) is 4.58. The standard InChI is InChI=1S/C15H18O2/c1-15(16,9-10-17-2)14-8-7-12-5-3-4-6-13(12)11-14/h3-8,11,16H,9-10H2,1-2H3. The first-order chi connectivity index (χ1) is 8.13. The molecule has 2 aromatic carbocycles. The zero-order valence-electron chi connectivity index (χ0n) is 10.3. The predicted octanol–water partition coefficient (Wildman–Crippen LogP) is 3.08. The Bertz CT molecular complexity index is 503. The first kappa shape index (κ1) is 12.1. The molecule has 0 saturated heterocycles. The monoisotopic (exact) mass is 230 g/mol. The predicted molar refractivity (Wildman–Crippen MR) is 70.0 cm³/mol. The number of hydrogen-bond donors (Lipinski definition) is 1. The average molecular weight is 230 g/mol. The molecule has 0 radical (unpaired) electrons. The van der Waals surface area contributed by atoms with E-state index in [-0.39, 0.29) is 0 Å². The van der Waals surface area contributed by atoms with E-state index in [1.807, 2.05) is 37.3 Å². The minimum Gasteiger partial charge on any atom is -0.385 e. The van der Waals surface area contributed by atoms with Gasteiger partial charge in [0.1, 0.15) is 0 Å². The van der Waals surface area contributed by atoms with E-state index >= 15 is 0 Å². The number of aliphatic hydroxyl groups is 1. The summed E-state index contributed by atoms with van der Waals surface area (Å²) in [5, 5.41) is 12.7. The Hall–Kier alpha value is -1.38. The van der Waals surface area contributed by atoms with Crippen LogP contribution in [0.2, 0.25) is 0 Å². The Morgan fingerprint density at radius 1 is 1.12 bits per heavy atom. The van der Waals surface area contributed by atoms with Gasteiger partial charge in [-0.25, -0.2) is 0 Å². The van der Waals surface area contributed by atoms with Crippen molar-refractivity contribution in [3.05, 3.63) is 48.0 Å². The first-order valence-corrected chi connectivity index (χ1v) is 5.84. The number of ether oxygens (including phenoxy) is 1. The van der Waals surface area contributed by atoms with Gasteiger partial charge in [0.25, 0.3) is 0 Å². The summed E-state index contributed by atoms with van der Waals surface area (Å²) in [5.74, 6) is 0. The molecule has 0 bridgehead atoms. The van der Waals surface area contributed by atoms with Crippen LogP contribution in [-0.4, -0.2) is 18.8 Å². The second kappa shape index (κ2) is 4.86. The lowest BCUT2D eigenvalue weighted by molar-refractivity contribution is 0.0211. The van der Waals surface area contributed by atoms with Gasteiger partial charge in [-0.05, 0) is 29.3 Å². The van der Waals surface area contributed by atoms with Crippen LogP contribution in [0.1, 0.15) is 18.9 Å². The molecule has 2 nitrogen and oxygen atoms in total. The van der Waals surface area contributed by atoms with E-state index in [2.05, 4.69) is 12.1 Å². The molecule has 2 aromatic rings. The summed E-state index contributed by atoms with van der Waals surface area (Å²) < 4.78 is 5.03. The van der Waals surface area contributed by atoms with Gasteiger partial charge in [0.05, 0.1) is 5.60 Å². The van der Waals surface area contributed by atoms with Crippen LogP contribution in [0.5, 0.6) is 0 Å². The van der Waals surface area contributed by atoms with Crippen LogP contribution in [0.25, 0.3) is 10.8 Å². The maximum absolute atomic E-state index is 10.4. The van der Waals surface area contributed by atoms with Crippen molar-refractivity contribution < 1.29 is 9.84 Å². The highest BCUT2D eigenvalue weighted by Crippen LogP contribution is 2.27. The molecule has 90 valence electrons. The van der Waals surface area contributed by atoms with Gasteiger partial charge in [-0.1, -0.05) is 36.4 Å². The number of hydrogen-bond acceptors (Lipinski definition) is 2. The van der Waals surface area contributed by atoms with E-state index in [0.717, 1.165) is 10.9 Å². The number of methoxy groups -OCH3 is 1. The minimum absolute atomic E-state index is 0.555. The zero-order valence-corrected chi connectivity index (χ0v) is 10.3. The molecular formula is C15H18O2. The number of fused-ring (bicyclic) bond motifs is 1. The molecule has 0 heterocycles. The van der Waals surface area contributed by atoms with E-state index in [4.69, 9.17) is 4.74 Å². The Labute approximate surface area is 102 Å². The quantitative estimate of drug-likeness (QED) is 0.874. The highest BCUT2D eigenvalue weighted by atomic mass is 16.5. The third-order valence-corrected chi connectivity index (χ3v) is 3.16. The summed E-state index contributed by atoms with van der Waals surface area (Å²) in [7, 11) is 1.65. The largest absolute Gasteiger partial charge is 0.385 e. The van der Waals surface area contributed by atoms with Crippen molar-refractivity contribution in [1.82, 2.24) is 0 Å². The summed E-state index contributed by atoms with van der Waals surface area (Å²) in [5.41, 5.74) is 0.105. The van der Waals surface area contributed by atoms with Gasteiger partial charge < -0.3 is 9.84 Å². The lowest BCUT2D eigenvalue weighted by Crippen LogP contribution is -2.22. The highest BCUT2D eigenvalue weighted by Gasteiger charge is 2.22. The van der Waals surface area contributed by atoms with Gasteiger partial charge in [-0.2, -0.15) is 0 Å². The molecule has 0 saturated carbocycles. The Morgan fingerprint density at radius 3 is 2.53 bits per heavy atom. The topological polar surface area (TPSA) is 29.5 Å². The summed E-state index contributed by atoms with van der Waals surface area (Å²) in [6, 6.07) is 14.2. The molecule has 0 aliphatic rings. The molecule has 0 aliphatic carbocycles. The van der Waals surface area contributed by atoms with E-state index < -0.39 is 5.60 Å². The van der Waals surface area contributed by atoms with Gasteiger partial charge in [0.15, 0.2) is 0 Å². The molecule has 2 rings (SSSR count). The Morgan fingerprint density at radius 2 is 1.82 bits per heavy atom. The van der Waals surface area contributed by atoms with E-state index in [1.54, 1.807) is 7.11 Å². The van der Waals surface area contributed by atoms with Crippen molar-refractivity contribution in [1.29, 1.82) is 0 Å². The smallest absolute Gasteiger partial charge is 0.0890 e. The highest BCUT2D eigenvalue weighted by molar-refractivity contribution is 5.83. The number of benzene rings is 2. The molecule has 1 atom stereocenters. The molecule has 17 heavy (non-hydrogen) atoms. The van der Waals surface area contributed by atoms with Crippen molar-refractivity contribution >= 4 is 10.8 Å². The maximum Gasteiger partial charge on any atom is 0.0890 e. The molecule has 1 N–H and O–H groups in total. The fourth-order valence-electron chi connectivity index (χ4n) is 1.97. The van der Waals surface area contributed by atoms with Crippen molar-refractivity contribution in [2.75, 3.05) is 13.7 Å². The second-order valence-corrected chi connectivity index (χ2v) is 4.58. The van der Waals surface area contributed by atoms with Crippen molar-refractivity contribution in [2.45, 2.75) is 18.9 Å². The third-order valence-electron chi connectivity index (χ3n) is 3.16. The van der Waals surface area contributed by atoms with Crippen molar-refractivity contribution in [2.24, 2.45) is 0 Å². The SMILES string of the molecule is COCCC(C)(O)c1ccc2ccccc2c1. The lowest BCUT2D eigenvalue weighted by atomic mass is 9.91. The summed E-state index contributed by atoms with van der Waals surface area (Å²) in [6.45, 7) is 2.38. The average Bonchev–Trinajstić information content (AvgIpc) is 2.36. The molecule has 0 aromatic heterocycles. The Balaban J connectivity index is 2.35. The van der Waals surface area contributed by atoms with Gasteiger partial charge in [0.2, 0.25) is 0 Å². The molecule has 0 fully saturated rings. The van der Waals surface area contributed by atoms with Crippen LogP contribution >= 0.6 is 0 Å². The summed E-state index contributed by atoms with van der Waals surface area (Å²) in [4.78, 5) is 0. The maximum atomic E-state index is 10.4. The van der Waals surface area contributed by atoms with E-state index in [0.29, 0.717) is 13.0 Å². The molecule has 1 unspecified atom stereocenters. The zero-order chi connectivity index (χ0) is 12.3. The van der Waals surface area contributed by atoms with Crippen LogP contribution in [-0.2, 0) is 10.3 Å². The van der Waals surface area contributed by atoms with E-state index in [9.17, 15) is 5.11 Å². The first-order valence-electron chi connectivity index (χ1n) is 5.84. The van der Waals surface area contributed by atoms with Crippen LogP contribution in [0, 0.1) is 0 Å². The normalized spacial score (nSPS) is 14.8. The fourth-order valence-corrected chi connectivity index (χ4v) is 1.97. The third kappa shape index (κ3) is 2.65. The molecule has 0 spiro atoms. The van der Waals surface area contributed by atoms with Gasteiger partial charge in [-0.3, -0.25) is 0 Å². The van der Waals surface area contributed by atoms with Crippen molar-refractivity contribution in [3.8, 4) is 0 Å². The molecule has 0 amide bonds. The van der Waals surface area contributed by atoms with Crippen LogP contribution < -0.4 is 0 Å². The fraction of sp³-hybridized carbons (Fsp3) is 0.333. The minimum atomic E-state index is -0.833. The van der Waals surface area contributed by atoms with Crippen molar-refractivity contribution in [3.63, 3.8) is 0 Å². The van der Waals surface area contributed by atoms with Crippen LogP contribution in [0.3, 0.4) is 0 Å². The van der Waals surface area contributed by atoms with Crippen LogP contribution in [0.15, 0.2) is 42.5 Å². The molecule has 0 aliphatic heterocycles. The lowest BCUT2D eigenvalue weighted by Gasteiger charge is -2.23. The van der Waals surface area contributed by atoms with Gasteiger partial charge in [-0.15, -0.1) is 0 Å². The summed E-state index contributed by atoms with van der Waals surface area (Å²) >= 11 is 0. The summed E-state index contributed by atoms with van der Waals surface area (Å²) in [6.07, 6.45) is 0.599. The Kier molecular flexibility index (Phi) is 3.46.